The molecule has 1 fully saturated rings. The molecule has 1 aliphatic rings. The fourth-order valence-electron chi connectivity index (χ4n) is 6.88. The number of hydrogen-bond acceptors (Lipinski definition) is 9. The minimum atomic E-state index is -0.348. The van der Waals surface area contributed by atoms with Gasteiger partial charge in [0.2, 0.25) is 5.95 Å². The van der Waals surface area contributed by atoms with Gasteiger partial charge in [0.15, 0.2) is 5.76 Å². The zero-order chi connectivity index (χ0) is 35.8. The lowest BCUT2D eigenvalue weighted by atomic mass is 9.94. The van der Waals surface area contributed by atoms with Crippen LogP contribution in [-0.2, 0) is 19.4 Å². The first kappa shape index (κ1) is 33.6. The minimum Gasteiger partial charge on any atom is -0.508 e. The molecule has 0 unspecified atom stereocenters. The highest BCUT2D eigenvalue weighted by Gasteiger charge is 2.24. The van der Waals surface area contributed by atoms with E-state index in [-0.39, 0.29) is 34.8 Å². The highest BCUT2D eigenvalue weighted by atomic mass is 16.5. The van der Waals surface area contributed by atoms with Gasteiger partial charge >= 0.3 is 0 Å². The van der Waals surface area contributed by atoms with Gasteiger partial charge in [0.1, 0.15) is 17.1 Å². The van der Waals surface area contributed by atoms with Crippen LogP contribution in [0.25, 0.3) is 33.5 Å². The lowest BCUT2D eigenvalue weighted by Crippen LogP contribution is -2.48. The first-order valence-electron chi connectivity index (χ1n) is 17.1. The van der Waals surface area contributed by atoms with Crippen LogP contribution in [-0.4, -0.2) is 72.2 Å². The molecule has 3 aromatic heterocycles. The summed E-state index contributed by atoms with van der Waals surface area (Å²) in [6, 6.07) is 19.1. The van der Waals surface area contributed by atoms with Gasteiger partial charge in [-0.2, -0.15) is 4.98 Å². The third-order valence-electron chi connectivity index (χ3n) is 9.72. The Morgan fingerprint density at radius 2 is 1.67 bits per heavy atom. The van der Waals surface area contributed by atoms with Crippen molar-refractivity contribution in [3.8, 4) is 33.9 Å². The van der Waals surface area contributed by atoms with Crippen molar-refractivity contribution >= 4 is 22.9 Å². The number of nitrogen functional groups attached to an aromatic ring is 1. The van der Waals surface area contributed by atoms with Gasteiger partial charge in [0.05, 0.1) is 22.2 Å². The number of benzene rings is 3. The monoisotopic (exact) mass is 687 g/mol. The van der Waals surface area contributed by atoms with E-state index in [1.54, 1.807) is 12.3 Å². The Kier molecular flexibility index (Phi) is 9.09. The predicted molar refractivity (Wildman–Crippen MR) is 196 cm³/mol. The summed E-state index contributed by atoms with van der Waals surface area (Å²) in [5.74, 6) is 0.611. The average molecular weight is 688 g/mol. The summed E-state index contributed by atoms with van der Waals surface area (Å²) in [6.07, 6.45) is 3.17. The molecule has 6 aromatic rings. The van der Waals surface area contributed by atoms with Crippen molar-refractivity contribution in [3.63, 3.8) is 0 Å². The van der Waals surface area contributed by atoms with Gasteiger partial charge in [0.25, 0.3) is 11.5 Å². The van der Waals surface area contributed by atoms with Crippen LogP contribution in [0.1, 0.15) is 58.1 Å². The van der Waals surface area contributed by atoms with Crippen molar-refractivity contribution in [2.45, 2.75) is 46.1 Å². The summed E-state index contributed by atoms with van der Waals surface area (Å²) in [5.41, 5.74) is 13.3. The lowest BCUT2D eigenvalue weighted by Gasteiger charge is -2.34. The summed E-state index contributed by atoms with van der Waals surface area (Å²) in [5, 5.41) is 25.7. The summed E-state index contributed by atoms with van der Waals surface area (Å²) in [6.45, 7) is 9.41. The molecule has 51 heavy (non-hydrogen) atoms. The highest BCUT2D eigenvalue weighted by Crippen LogP contribution is 2.43. The molecule has 0 bridgehead atoms. The Bertz CT molecular complexity index is 2260. The molecule has 0 radical (unpaired) electrons. The van der Waals surface area contributed by atoms with Gasteiger partial charge in [-0.3, -0.25) is 14.5 Å². The van der Waals surface area contributed by atoms with Gasteiger partial charge in [-0.05, 0) is 71.7 Å². The SMILES string of the molecule is Cc1noc(-c2cc(C(C)C)c(O)cc2O)c1-c1ccc(CN2CCN(C(=O)c3ccc(CCc4c[nH]c5[nH]c(N)nc(=O)c45)cc3)CC2)cc1. The molecule has 12 heteroatoms. The lowest BCUT2D eigenvalue weighted by molar-refractivity contribution is 0.0628. The fraction of sp³-hybridized carbons (Fsp3) is 0.282. The Balaban J connectivity index is 0.942. The second kappa shape index (κ2) is 13.8. The second-order valence-electron chi connectivity index (χ2n) is 13.5. The number of anilines is 1. The normalized spacial score (nSPS) is 13.8. The zero-order valence-electron chi connectivity index (χ0n) is 28.9. The Morgan fingerprint density at radius 1 is 0.961 bits per heavy atom. The smallest absolute Gasteiger partial charge is 0.284 e. The number of rotatable bonds is 9. The molecule has 0 atom stereocenters. The van der Waals surface area contributed by atoms with Crippen LogP contribution in [0.3, 0.4) is 0 Å². The largest absolute Gasteiger partial charge is 0.508 e. The van der Waals surface area contributed by atoms with Gasteiger partial charge in [-0.15, -0.1) is 0 Å². The van der Waals surface area contributed by atoms with Gasteiger partial charge in [-0.1, -0.05) is 55.4 Å². The Morgan fingerprint density at radius 3 is 2.37 bits per heavy atom. The number of nitrogens with zero attached hydrogens (tertiary/aromatic N) is 4. The van der Waals surface area contributed by atoms with Crippen molar-refractivity contribution < 1.29 is 19.5 Å². The maximum Gasteiger partial charge on any atom is 0.284 e. The number of phenols is 2. The summed E-state index contributed by atoms with van der Waals surface area (Å²) >= 11 is 0. The fourth-order valence-corrected chi connectivity index (χ4v) is 6.88. The van der Waals surface area contributed by atoms with Crippen molar-refractivity contribution in [3.05, 3.63) is 111 Å². The van der Waals surface area contributed by atoms with E-state index >= 15 is 0 Å². The summed E-state index contributed by atoms with van der Waals surface area (Å²) in [4.78, 5) is 39.7. The number of hydrogen-bond donors (Lipinski definition) is 5. The molecule has 1 amide bonds. The van der Waals surface area contributed by atoms with E-state index < -0.39 is 0 Å². The molecule has 0 spiro atoms. The molecule has 1 aliphatic heterocycles. The number of piperazine rings is 1. The molecule has 1 saturated heterocycles. The standard InChI is InChI=1S/C39H41N7O5/c1-22(2)29-18-30(32(48)19-31(29)47)35-33(23(3)44-51-35)26-9-7-25(8-10-26)21-45-14-16-46(17-15-45)38(50)27-11-4-24(5-12-27)6-13-28-20-41-36-34(28)37(49)43-39(40)42-36/h4-5,7-12,18-20,22,47-48H,6,13-17,21H2,1-3H3,(H4,40,41,42,43,49). The van der Waals surface area contributed by atoms with E-state index in [4.69, 9.17) is 10.3 Å². The molecule has 4 heterocycles. The molecular formula is C39H41N7O5. The van der Waals surface area contributed by atoms with Gasteiger partial charge < -0.3 is 35.3 Å². The summed E-state index contributed by atoms with van der Waals surface area (Å²) in [7, 11) is 0. The molecule has 0 saturated carbocycles. The number of H-pyrrole nitrogens is 2. The van der Waals surface area contributed by atoms with Crippen LogP contribution < -0.4 is 11.3 Å². The third kappa shape index (κ3) is 6.82. The number of aromatic nitrogens is 4. The van der Waals surface area contributed by atoms with Crippen LogP contribution >= 0.6 is 0 Å². The number of nitrogens with two attached hydrogens (primary N) is 1. The second-order valence-corrected chi connectivity index (χ2v) is 13.5. The van der Waals surface area contributed by atoms with Crippen LogP contribution in [0, 0.1) is 6.92 Å². The van der Waals surface area contributed by atoms with Crippen molar-refractivity contribution in [1.82, 2.24) is 29.9 Å². The molecule has 6 N–H and O–H groups in total. The number of carbonyl (C=O) groups is 1. The van der Waals surface area contributed by atoms with Crippen molar-refractivity contribution in [2.75, 3.05) is 31.9 Å². The highest BCUT2D eigenvalue weighted by molar-refractivity contribution is 5.94. The number of phenolic OH excluding ortho intramolecular Hbond substituents is 2. The van der Waals surface area contributed by atoms with Gasteiger partial charge in [0, 0.05) is 50.6 Å². The zero-order valence-corrected chi connectivity index (χ0v) is 28.9. The number of aromatic hydroxyl groups is 2. The maximum atomic E-state index is 13.3. The summed E-state index contributed by atoms with van der Waals surface area (Å²) < 4.78 is 5.71. The van der Waals surface area contributed by atoms with Crippen LogP contribution in [0.5, 0.6) is 11.5 Å². The number of aryl methyl sites for hydroxylation is 3. The van der Waals surface area contributed by atoms with Crippen molar-refractivity contribution in [2.24, 2.45) is 0 Å². The Hall–Kier alpha value is -5.88. The number of fused-ring (bicyclic) bond motifs is 1. The number of nitrogens with one attached hydrogen (secondary N) is 2. The number of aromatic amines is 2. The predicted octanol–water partition coefficient (Wildman–Crippen LogP) is 5.74. The topological polar surface area (TPSA) is 178 Å². The van der Waals surface area contributed by atoms with E-state index in [9.17, 15) is 19.8 Å². The molecule has 3 aromatic carbocycles. The van der Waals surface area contributed by atoms with E-state index in [0.717, 1.165) is 53.0 Å². The molecule has 0 aliphatic carbocycles. The number of amides is 1. The first-order chi connectivity index (χ1) is 24.5. The van der Waals surface area contributed by atoms with E-state index in [0.29, 0.717) is 59.5 Å². The molecular weight excluding hydrogens is 646 g/mol. The first-order valence-corrected chi connectivity index (χ1v) is 17.1. The van der Waals surface area contributed by atoms with E-state index in [2.05, 4.69) is 37.1 Å². The Labute approximate surface area is 294 Å². The molecule has 262 valence electrons. The van der Waals surface area contributed by atoms with E-state index in [1.807, 2.05) is 62.1 Å². The average Bonchev–Trinajstić information content (AvgIpc) is 3.71. The maximum absolute atomic E-state index is 13.3. The quantitative estimate of drug-likeness (QED) is 0.127. The van der Waals surface area contributed by atoms with Crippen LogP contribution in [0.4, 0.5) is 5.95 Å². The van der Waals surface area contributed by atoms with Crippen LogP contribution in [0.15, 0.2) is 76.2 Å². The third-order valence-corrected chi connectivity index (χ3v) is 9.72. The minimum absolute atomic E-state index is 0.0254. The molecule has 7 rings (SSSR count). The number of carbonyl (C=O) groups excluding carboxylic acids is 1. The van der Waals surface area contributed by atoms with Gasteiger partial charge in [-0.25, -0.2) is 0 Å². The van der Waals surface area contributed by atoms with E-state index in [1.165, 1.54) is 6.07 Å². The van der Waals surface area contributed by atoms with Crippen molar-refractivity contribution in [1.29, 1.82) is 0 Å². The van der Waals surface area contributed by atoms with Crippen LogP contribution in [0.2, 0.25) is 0 Å². The molecule has 12 nitrogen and oxygen atoms in total.